The van der Waals surface area contributed by atoms with Crippen LogP contribution in [-0.4, -0.2) is 54.0 Å². The molecule has 0 unspecified atom stereocenters. The Morgan fingerprint density at radius 1 is 1.36 bits per heavy atom. The molecule has 1 aliphatic rings. The first-order valence-electron chi connectivity index (χ1n) is 9.17. The molecule has 148 valence electrons. The first-order chi connectivity index (χ1) is 13.6. The molecule has 2 amide bonds. The topological polar surface area (TPSA) is 83.6 Å². The highest BCUT2D eigenvalue weighted by Gasteiger charge is 2.31. The fraction of sp³-hybridized carbons (Fsp3) is 0.350. The predicted molar refractivity (Wildman–Crippen MR) is 101 cm³/mol. The Morgan fingerprint density at radius 3 is 3.04 bits per heavy atom. The SMILES string of the molecule is O=C(C[C@@H]1C(=O)NCCN1Cc1cccc(F)c1)NCCOc1cccnc1. The molecule has 0 saturated carbocycles. The van der Waals surface area contributed by atoms with E-state index in [-0.39, 0.29) is 24.1 Å². The zero-order chi connectivity index (χ0) is 19.8. The first-order valence-corrected chi connectivity index (χ1v) is 9.17. The van der Waals surface area contributed by atoms with E-state index < -0.39 is 6.04 Å². The molecule has 3 rings (SSSR count). The molecular weight excluding hydrogens is 363 g/mol. The molecule has 28 heavy (non-hydrogen) atoms. The van der Waals surface area contributed by atoms with Crippen LogP contribution >= 0.6 is 0 Å². The number of hydrogen-bond acceptors (Lipinski definition) is 5. The van der Waals surface area contributed by atoms with Crippen LogP contribution in [0.1, 0.15) is 12.0 Å². The van der Waals surface area contributed by atoms with Gasteiger partial charge < -0.3 is 15.4 Å². The molecule has 0 bridgehead atoms. The fourth-order valence-electron chi connectivity index (χ4n) is 3.08. The molecule has 2 aromatic rings. The van der Waals surface area contributed by atoms with E-state index in [1.807, 2.05) is 11.0 Å². The van der Waals surface area contributed by atoms with Crippen molar-refractivity contribution in [2.24, 2.45) is 0 Å². The third kappa shape index (κ3) is 5.75. The van der Waals surface area contributed by atoms with E-state index in [2.05, 4.69) is 15.6 Å². The summed E-state index contributed by atoms with van der Waals surface area (Å²) in [7, 11) is 0. The number of amides is 2. The van der Waals surface area contributed by atoms with E-state index >= 15 is 0 Å². The molecule has 1 atom stereocenters. The van der Waals surface area contributed by atoms with Gasteiger partial charge in [-0.15, -0.1) is 0 Å². The van der Waals surface area contributed by atoms with Gasteiger partial charge in [0.25, 0.3) is 0 Å². The number of hydrogen-bond donors (Lipinski definition) is 2. The monoisotopic (exact) mass is 386 g/mol. The van der Waals surface area contributed by atoms with Gasteiger partial charge in [0.1, 0.15) is 18.2 Å². The number of halogens is 1. The molecule has 1 aromatic heterocycles. The number of carbonyl (C=O) groups excluding carboxylic acids is 2. The second kappa shape index (κ2) is 9.80. The second-order valence-electron chi connectivity index (χ2n) is 6.50. The molecule has 0 aliphatic carbocycles. The standard InChI is InChI=1S/C20H23FN4O3/c21-16-4-1-3-15(11-16)14-25-9-7-24-20(27)18(25)12-19(26)23-8-10-28-17-5-2-6-22-13-17/h1-6,11,13,18H,7-10,12,14H2,(H,23,26)(H,24,27)/t18-/m1/s1. The molecule has 1 saturated heterocycles. The number of piperazine rings is 1. The van der Waals surface area contributed by atoms with Gasteiger partial charge in [-0.1, -0.05) is 12.1 Å². The van der Waals surface area contributed by atoms with E-state index in [0.29, 0.717) is 38.5 Å². The number of rotatable bonds is 8. The molecular formula is C20H23FN4O3. The quantitative estimate of drug-likeness (QED) is 0.664. The Labute approximate surface area is 162 Å². The summed E-state index contributed by atoms with van der Waals surface area (Å²) in [4.78, 5) is 30.4. The summed E-state index contributed by atoms with van der Waals surface area (Å²) in [5, 5.41) is 5.55. The lowest BCUT2D eigenvalue weighted by atomic mass is 10.1. The summed E-state index contributed by atoms with van der Waals surface area (Å²) < 4.78 is 18.9. The number of pyridine rings is 1. The maximum Gasteiger partial charge on any atom is 0.237 e. The summed E-state index contributed by atoms with van der Waals surface area (Å²) in [6, 6.07) is 9.23. The van der Waals surface area contributed by atoms with Crippen LogP contribution in [0.15, 0.2) is 48.8 Å². The van der Waals surface area contributed by atoms with E-state index in [9.17, 15) is 14.0 Å². The maximum absolute atomic E-state index is 13.4. The van der Waals surface area contributed by atoms with E-state index in [1.165, 1.54) is 12.1 Å². The minimum absolute atomic E-state index is 0.0358. The predicted octanol–water partition coefficient (Wildman–Crippen LogP) is 1.11. The molecule has 1 fully saturated rings. The van der Waals surface area contributed by atoms with Crippen molar-refractivity contribution >= 4 is 11.8 Å². The second-order valence-corrected chi connectivity index (χ2v) is 6.50. The van der Waals surface area contributed by atoms with Crippen molar-refractivity contribution in [1.82, 2.24) is 20.5 Å². The van der Waals surface area contributed by atoms with Crippen LogP contribution in [0.25, 0.3) is 0 Å². The van der Waals surface area contributed by atoms with Gasteiger partial charge in [0.05, 0.1) is 25.2 Å². The van der Waals surface area contributed by atoms with Crippen LogP contribution in [0.2, 0.25) is 0 Å². The fourth-order valence-corrected chi connectivity index (χ4v) is 3.08. The van der Waals surface area contributed by atoms with Crippen molar-refractivity contribution in [3.8, 4) is 5.75 Å². The van der Waals surface area contributed by atoms with Gasteiger partial charge in [0.2, 0.25) is 11.8 Å². The molecule has 7 nitrogen and oxygen atoms in total. The molecule has 0 spiro atoms. The summed E-state index contributed by atoms with van der Waals surface area (Å²) in [6.07, 6.45) is 3.28. The van der Waals surface area contributed by atoms with Crippen molar-refractivity contribution in [2.75, 3.05) is 26.2 Å². The van der Waals surface area contributed by atoms with Gasteiger partial charge in [-0.05, 0) is 29.8 Å². The Morgan fingerprint density at radius 2 is 2.25 bits per heavy atom. The van der Waals surface area contributed by atoms with Crippen LogP contribution < -0.4 is 15.4 Å². The van der Waals surface area contributed by atoms with Crippen LogP contribution in [0.4, 0.5) is 4.39 Å². The Kier molecular flexibility index (Phi) is 6.91. The third-order valence-corrected chi connectivity index (χ3v) is 4.42. The third-order valence-electron chi connectivity index (χ3n) is 4.42. The minimum Gasteiger partial charge on any atom is -0.490 e. The highest BCUT2D eigenvalue weighted by Crippen LogP contribution is 2.15. The van der Waals surface area contributed by atoms with E-state index in [4.69, 9.17) is 4.74 Å². The lowest BCUT2D eigenvalue weighted by Gasteiger charge is -2.34. The minimum atomic E-state index is -0.587. The average Bonchev–Trinajstić information content (AvgIpc) is 2.69. The Balaban J connectivity index is 1.49. The van der Waals surface area contributed by atoms with Gasteiger partial charge >= 0.3 is 0 Å². The van der Waals surface area contributed by atoms with Crippen LogP contribution in [0.3, 0.4) is 0 Å². The Bertz CT molecular complexity index is 803. The summed E-state index contributed by atoms with van der Waals surface area (Å²) in [6.45, 7) is 2.15. The molecule has 1 aromatic carbocycles. The summed E-state index contributed by atoms with van der Waals surface area (Å²) in [5.74, 6) is -0.114. The Hall–Kier alpha value is -3.00. The van der Waals surface area contributed by atoms with Crippen LogP contribution in [0, 0.1) is 5.82 Å². The average molecular weight is 386 g/mol. The largest absolute Gasteiger partial charge is 0.490 e. The van der Waals surface area contributed by atoms with Crippen molar-refractivity contribution in [3.63, 3.8) is 0 Å². The summed E-state index contributed by atoms with van der Waals surface area (Å²) >= 11 is 0. The zero-order valence-corrected chi connectivity index (χ0v) is 15.4. The highest BCUT2D eigenvalue weighted by molar-refractivity contribution is 5.88. The number of ether oxygens (including phenoxy) is 1. The van der Waals surface area contributed by atoms with Gasteiger partial charge in [0.15, 0.2) is 0 Å². The highest BCUT2D eigenvalue weighted by atomic mass is 19.1. The van der Waals surface area contributed by atoms with Gasteiger partial charge in [-0.3, -0.25) is 19.5 Å². The molecule has 8 heteroatoms. The van der Waals surface area contributed by atoms with Crippen molar-refractivity contribution in [3.05, 3.63) is 60.2 Å². The van der Waals surface area contributed by atoms with Crippen molar-refractivity contribution < 1.29 is 18.7 Å². The number of aromatic nitrogens is 1. The van der Waals surface area contributed by atoms with Crippen LogP contribution in [-0.2, 0) is 16.1 Å². The van der Waals surface area contributed by atoms with Gasteiger partial charge in [-0.25, -0.2) is 4.39 Å². The maximum atomic E-state index is 13.4. The molecule has 2 heterocycles. The first kappa shape index (κ1) is 19.8. The molecule has 2 N–H and O–H groups in total. The number of carbonyl (C=O) groups is 2. The number of benzene rings is 1. The lowest BCUT2D eigenvalue weighted by molar-refractivity contribution is -0.134. The summed E-state index contributed by atoms with van der Waals surface area (Å²) in [5.41, 5.74) is 0.768. The van der Waals surface area contributed by atoms with Crippen LogP contribution in [0.5, 0.6) is 5.75 Å². The smallest absolute Gasteiger partial charge is 0.237 e. The molecule has 1 aliphatic heterocycles. The number of nitrogens with zero attached hydrogens (tertiary/aromatic N) is 2. The van der Waals surface area contributed by atoms with Crippen molar-refractivity contribution in [1.29, 1.82) is 0 Å². The van der Waals surface area contributed by atoms with Crippen molar-refractivity contribution in [2.45, 2.75) is 19.0 Å². The van der Waals surface area contributed by atoms with Gasteiger partial charge in [0, 0.05) is 25.8 Å². The van der Waals surface area contributed by atoms with Gasteiger partial charge in [-0.2, -0.15) is 0 Å². The van der Waals surface area contributed by atoms with E-state index in [1.54, 1.807) is 30.6 Å². The number of nitrogens with one attached hydrogen (secondary N) is 2. The lowest BCUT2D eigenvalue weighted by Crippen LogP contribution is -2.56. The molecule has 0 radical (unpaired) electrons. The van der Waals surface area contributed by atoms with E-state index in [0.717, 1.165) is 5.56 Å². The normalized spacial score (nSPS) is 17.0. The zero-order valence-electron chi connectivity index (χ0n) is 15.4.